The first-order valence-corrected chi connectivity index (χ1v) is 10.7. The van der Waals surface area contributed by atoms with Crippen LogP contribution in [-0.2, 0) is 22.5 Å². The van der Waals surface area contributed by atoms with E-state index in [1.165, 1.54) is 25.4 Å². The molecule has 9 heteroatoms. The number of hydrogen-bond acceptors (Lipinski definition) is 7. The Morgan fingerprint density at radius 3 is 2.81 bits per heavy atom. The number of carbonyl (C=O) groups is 3. The Morgan fingerprint density at radius 1 is 1.29 bits per heavy atom. The number of anilines is 1. The molecule has 4 rings (SSSR count). The van der Waals surface area contributed by atoms with Crippen LogP contribution in [0.2, 0.25) is 0 Å². The van der Waals surface area contributed by atoms with Gasteiger partial charge in [0.15, 0.2) is 17.1 Å². The number of fused-ring (bicyclic) bond motifs is 2. The zero-order valence-electron chi connectivity index (χ0n) is 17.4. The van der Waals surface area contributed by atoms with E-state index < -0.39 is 11.9 Å². The van der Waals surface area contributed by atoms with Crippen LogP contribution in [0.5, 0.6) is 5.75 Å². The molecule has 1 aliphatic heterocycles. The van der Waals surface area contributed by atoms with Crippen molar-refractivity contribution in [2.75, 3.05) is 25.6 Å². The summed E-state index contributed by atoms with van der Waals surface area (Å²) in [6.07, 6.45) is 0.522. The lowest BCUT2D eigenvalue weighted by molar-refractivity contribution is -0.129. The minimum absolute atomic E-state index is 0.0309. The van der Waals surface area contributed by atoms with E-state index in [9.17, 15) is 14.4 Å². The third-order valence-electron chi connectivity index (χ3n) is 5.15. The second-order valence-corrected chi connectivity index (χ2v) is 8.17. The number of ether oxygens (including phenoxy) is 2. The number of thiophene rings is 1. The molecule has 1 aliphatic rings. The van der Waals surface area contributed by atoms with Gasteiger partial charge in [-0.1, -0.05) is 12.1 Å². The van der Waals surface area contributed by atoms with Gasteiger partial charge in [-0.15, -0.1) is 11.3 Å². The van der Waals surface area contributed by atoms with Crippen molar-refractivity contribution in [1.82, 2.24) is 4.90 Å². The smallest absolute Gasteiger partial charge is 0.341 e. The Kier molecular flexibility index (Phi) is 5.69. The van der Waals surface area contributed by atoms with E-state index in [1.807, 2.05) is 19.1 Å². The number of nitrogens with one attached hydrogen (secondary N) is 1. The molecule has 0 spiro atoms. The highest BCUT2D eigenvalue weighted by Crippen LogP contribution is 2.38. The quantitative estimate of drug-likeness (QED) is 0.603. The Balaban J connectivity index is 1.67. The second-order valence-electron chi connectivity index (χ2n) is 7.06. The van der Waals surface area contributed by atoms with Crippen molar-refractivity contribution in [3.05, 3.63) is 46.0 Å². The monoisotopic (exact) mass is 442 g/mol. The number of amides is 2. The van der Waals surface area contributed by atoms with Crippen molar-refractivity contribution in [2.45, 2.75) is 26.8 Å². The highest BCUT2D eigenvalue weighted by Gasteiger charge is 2.30. The lowest BCUT2D eigenvalue weighted by Crippen LogP contribution is -2.33. The average Bonchev–Trinajstić information content (AvgIpc) is 3.34. The summed E-state index contributed by atoms with van der Waals surface area (Å²) in [7, 11) is 1.30. The van der Waals surface area contributed by atoms with E-state index in [4.69, 9.17) is 13.9 Å². The van der Waals surface area contributed by atoms with Crippen molar-refractivity contribution in [2.24, 2.45) is 0 Å². The summed E-state index contributed by atoms with van der Waals surface area (Å²) >= 11 is 1.27. The number of nitrogens with zero attached hydrogens (tertiary/aromatic N) is 1. The number of carbonyl (C=O) groups excluding carboxylic acids is 3. The fraction of sp³-hybridized carbons (Fsp3) is 0.318. The first kappa shape index (κ1) is 20.9. The van der Waals surface area contributed by atoms with Gasteiger partial charge in [-0.05, 0) is 31.0 Å². The predicted molar refractivity (Wildman–Crippen MR) is 116 cm³/mol. The van der Waals surface area contributed by atoms with Gasteiger partial charge in [-0.3, -0.25) is 9.59 Å². The van der Waals surface area contributed by atoms with Gasteiger partial charge in [0.2, 0.25) is 5.91 Å². The summed E-state index contributed by atoms with van der Waals surface area (Å²) in [5.41, 5.74) is 1.64. The number of rotatable bonds is 5. The highest BCUT2D eigenvalue weighted by molar-refractivity contribution is 7.17. The van der Waals surface area contributed by atoms with E-state index in [0.717, 1.165) is 15.8 Å². The standard InChI is InChI=1S/C22H22N2O6S/c1-4-29-15-7-5-6-13-10-16(30-19(13)15)20(26)23-21-18(22(27)28-3)14-8-9-24(12(2)25)11-17(14)31-21/h5-7,10H,4,8-9,11H2,1-3H3,(H,23,26). The van der Waals surface area contributed by atoms with Crippen molar-refractivity contribution in [1.29, 1.82) is 0 Å². The molecule has 2 aromatic heterocycles. The Hall–Kier alpha value is -3.33. The summed E-state index contributed by atoms with van der Waals surface area (Å²) in [5.74, 6) is -0.366. The number of benzene rings is 1. The van der Waals surface area contributed by atoms with Gasteiger partial charge in [0.25, 0.3) is 5.91 Å². The predicted octanol–water partition coefficient (Wildman–Crippen LogP) is 3.84. The maximum Gasteiger partial charge on any atom is 0.341 e. The van der Waals surface area contributed by atoms with Crippen molar-refractivity contribution >= 4 is 45.1 Å². The van der Waals surface area contributed by atoms with Crippen molar-refractivity contribution in [3.8, 4) is 5.75 Å². The maximum absolute atomic E-state index is 12.9. The molecule has 8 nitrogen and oxygen atoms in total. The third kappa shape index (κ3) is 3.88. The van der Waals surface area contributed by atoms with Crippen LogP contribution >= 0.6 is 11.3 Å². The molecule has 0 fully saturated rings. The summed E-state index contributed by atoms with van der Waals surface area (Å²) in [6, 6.07) is 7.07. The lowest BCUT2D eigenvalue weighted by atomic mass is 10.0. The molecular formula is C22H22N2O6S. The van der Waals surface area contributed by atoms with Gasteiger partial charge in [0, 0.05) is 23.7 Å². The first-order valence-electron chi connectivity index (χ1n) is 9.88. The van der Waals surface area contributed by atoms with Crippen LogP contribution in [0, 0.1) is 0 Å². The van der Waals surface area contributed by atoms with Crippen LogP contribution in [0.4, 0.5) is 5.00 Å². The molecule has 0 saturated carbocycles. The topological polar surface area (TPSA) is 98.1 Å². The van der Waals surface area contributed by atoms with Gasteiger partial charge < -0.3 is 24.1 Å². The van der Waals surface area contributed by atoms with Crippen LogP contribution in [0.1, 0.15) is 45.2 Å². The molecule has 0 radical (unpaired) electrons. The number of para-hydroxylation sites is 1. The van der Waals surface area contributed by atoms with E-state index in [2.05, 4.69) is 5.32 Å². The molecular weight excluding hydrogens is 420 g/mol. The molecule has 0 bridgehead atoms. The van der Waals surface area contributed by atoms with Gasteiger partial charge in [0.1, 0.15) is 5.00 Å². The molecule has 0 atom stereocenters. The number of methoxy groups -OCH3 is 1. The number of hydrogen-bond donors (Lipinski definition) is 1. The van der Waals surface area contributed by atoms with Crippen LogP contribution in [0.25, 0.3) is 11.0 Å². The van der Waals surface area contributed by atoms with Crippen LogP contribution < -0.4 is 10.1 Å². The largest absolute Gasteiger partial charge is 0.490 e. The number of furan rings is 1. The number of esters is 1. The van der Waals surface area contributed by atoms with Crippen LogP contribution in [-0.4, -0.2) is 42.9 Å². The van der Waals surface area contributed by atoms with E-state index in [1.54, 1.807) is 17.0 Å². The Morgan fingerprint density at radius 2 is 2.10 bits per heavy atom. The van der Waals surface area contributed by atoms with Crippen molar-refractivity contribution < 1.29 is 28.3 Å². The molecule has 1 N–H and O–H groups in total. The normalized spacial score (nSPS) is 13.1. The summed E-state index contributed by atoms with van der Waals surface area (Å²) < 4.78 is 16.3. The third-order valence-corrected chi connectivity index (χ3v) is 6.28. The summed E-state index contributed by atoms with van der Waals surface area (Å²) in [5, 5.41) is 3.93. The zero-order valence-corrected chi connectivity index (χ0v) is 18.3. The molecule has 0 aliphatic carbocycles. The van der Waals surface area contributed by atoms with Gasteiger partial charge in [-0.2, -0.15) is 0 Å². The molecule has 0 unspecified atom stereocenters. The van der Waals surface area contributed by atoms with E-state index in [-0.39, 0.29) is 11.7 Å². The molecule has 0 saturated heterocycles. The Bertz CT molecular complexity index is 1180. The SMILES string of the molecule is CCOc1cccc2cc(C(=O)Nc3sc4c(c3C(=O)OC)CCN(C(C)=O)C4)oc12. The first-order chi connectivity index (χ1) is 14.9. The molecule has 162 valence electrons. The van der Waals surface area contributed by atoms with Gasteiger partial charge in [-0.25, -0.2) is 4.79 Å². The minimum Gasteiger partial charge on any atom is -0.490 e. The fourth-order valence-corrected chi connectivity index (χ4v) is 4.91. The fourth-order valence-electron chi connectivity index (χ4n) is 3.66. The van der Waals surface area contributed by atoms with Gasteiger partial charge >= 0.3 is 5.97 Å². The minimum atomic E-state index is -0.521. The molecule has 3 aromatic rings. The molecule has 1 aromatic carbocycles. The molecule has 3 heterocycles. The van der Waals surface area contributed by atoms with Gasteiger partial charge in [0.05, 0.1) is 25.8 Å². The second kappa shape index (κ2) is 8.43. The lowest BCUT2D eigenvalue weighted by Gasteiger charge is -2.25. The van der Waals surface area contributed by atoms with Crippen molar-refractivity contribution in [3.63, 3.8) is 0 Å². The Labute approximate surface area is 182 Å². The van der Waals surface area contributed by atoms with E-state index >= 15 is 0 Å². The van der Waals surface area contributed by atoms with Crippen LogP contribution in [0.3, 0.4) is 0 Å². The van der Waals surface area contributed by atoms with E-state index in [0.29, 0.717) is 48.0 Å². The zero-order chi connectivity index (χ0) is 22.1. The average molecular weight is 442 g/mol. The molecule has 31 heavy (non-hydrogen) atoms. The maximum atomic E-state index is 12.9. The summed E-state index contributed by atoms with van der Waals surface area (Å²) in [4.78, 5) is 39.7. The highest BCUT2D eigenvalue weighted by atomic mass is 32.1. The van der Waals surface area contributed by atoms with Crippen LogP contribution in [0.15, 0.2) is 28.7 Å². The molecule has 2 amide bonds. The summed E-state index contributed by atoms with van der Waals surface area (Å²) in [6.45, 7) is 4.77.